The van der Waals surface area contributed by atoms with Gasteiger partial charge in [-0.15, -0.1) is 34.0 Å². The third-order valence-electron chi connectivity index (χ3n) is 30.3. The summed E-state index contributed by atoms with van der Waals surface area (Å²) >= 11 is 5.72. The van der Waals surface area contributed by atoms with Crippen LogP contribution in [-0.4, -0.2) is 27.4 Å². The number of nitrogens with zero attached hydrogens (tertiary/aromatic N) is 6. The second kappa shape index (κ2) is 34.1. The fourth-order valence-corrected chi connectivity index (χ4v) is 27.5. The van der Waals surface area contributed by atoms with Crippen molar-refractivity contribution in [3.63, 3.8) is 0 Å². The maximum Gasteiger partial charge on any atom is 0.0562 e. The summed E-state index contributed by atoms with van der Waals surface area (Å²) in [7, 11) is 0. The lowest BCUT2D eigenvalue weighted by Crippen LogP contribution is -1.97. The molecule has 32 aromatic rings. The molecule has 0 N–H and O–H groups in total. The maximum absolute atomic E-state index is 2.48. The number of benzene rings is 23. The van der Waals surface area contributed by atoms with E-state index in [1.54, 1.807) is 0 Å². The third kappa shape index (κ3) is 13.6. The van der Waals surface area contributed by atoms with Gasteiger partial charge in [-0.3, -0.25) is 0 Å². The monoisotopic (exact) mass is 1920 g/mol. The molecule has 0 aliphatic heterocycles. The van der Waals surface area contributed by atoms with Crippen LogP contribution in [0.4, 0.5) is 0 Å². The zero-order valence-electron chi connectivity index (χ0n) is 79.6. The highest BCUT2D eigenvalue weighted by Gasteiger charge is 2.28. The van der Waals surface area contributed by atoms with Crippen LogP contribution in [0.25, 0.3) is 281 Å². The molecule has 0 saturated carbocycles. The predicted molar refractivity (Wildman–Crippen MR) is 631 cm³/mol. The molecule has 147 heavy (non-hydrogen) atoms. The van der Waals surface area contributed by atoms with Gasteiger partial charge in [0, 0.05) is 159 Å². The number of hydrogen-bond acceptors (Lipinski definition) is 3. The van der Waals surface area contributed by atoms with Crippen molar-refractivity contribution in [2.45, 2.75) is 0 Å². The maximum atomic E-state index is 2.48. The van der Waals surface area contributed by atoms with E-state index in [9.17, 15) is 0 Å². The van der Waals surface area contributed by atoms with Crippen molar-refractivity contribution in [3.05, 3.63) is 522 Å². The van der Waals surface area contributed by atoms with Crippen LogP contribution in [0.1, 0.15) is 0 Å². The first-order valence-electron chi connectivity index (χ1n) is 50.2. The molecule has 9 heterocycles. The highest BCUT2D eigenvalue weighted by molar-refractivity contribution is 7.27. The van der Waals surface area contributed by atoms with E-state index >= 15 is 0 Å². The van der Waals surface area contributed by atoms with E-state index in [2.05, 4.69) is 549 Å². The van der Waals surface area contributed by atoms with Gasteiger partial charge in [0.05, 0.1) is 66.2 Å². The molecule has 0 bridgehead atoms. The van der Waals surface area contributed by atoms with E-state index in [4.69, 9.17) is 0 Å². The Morgan fingerprint density at radius 2 is 0.340 bits per heavy atom. The minimum Gasteiger partial charge on any atom is -0.309 e. The molecule has 0 spiro atoms. The van der Waals surface area contributed by atoms with Gasteiger partial charge in [-0.05, 0) is 225 Å². The van der Waals surface area contributed by atoms with Crippen molar-refractivity contribution in [2.24, 2.45) is 0 Å². The summed E-state index contributed by atoms with van der Waals surface area (Å²) in [6.07, 6.45) is 0. The number of fused-ring (bicyclic) bond motifs is 30. The standard InChI is InChI=1S/2C48H30N2S.C42H26N2S/c1-4-14-31(15-5-1)33-26-34(32-16-6-2-7-17-32)28-36(27-33)50-42-22-12-10-20-37(42)40-29-41-45(30-44(40)50)49(35-18-8-3-9-19-35)43-25-24-39-38-21-11-13-23-46(38)51-48(39)47(41)43;1-3-12-31(13-4-1)32-22-24-33(25-23-32)34-14-11-17-36(28-34)50-42-20-9-7-18-37(42)40-29-41-45(30-44(40)50)49(35-15-5-2-6-16-35)43-27-26-39-38-19-8-10-21-46(38)51-48(39)47(41)43;1-3-12-27(13-4-1)28-14-11-17-30(24-28)44-36-20-9-7-18-31(36)34-25-35-39(26-38(34)44)43(29-15-5-2-6-16-29)37-23-22-33-32-19-8-10-21-40(32)45-42(33)41(35)37/h2*1-30H;1-26H. The van der Waals surface area contributed by atoms with Gasteiger partial charge in [-0.2, -0.15) is 0 Å². The van der Waals surface area contributed by atoms with E-state index in [0.717, 1.165) is 22.7 Å². The Bertz CT molecular complexity index is 10900. The average molecular weight is 1920 g/mol. The predicted octanol–water partition coefficient (Wildman–Crippen LogP) is 39.1. The van der Waals surface area contributed by atoms with E-state index in [-0.39, 0.29) is 0 Å². The summed E-state index contributed by atoms with van der Waals surface area (Å²) in [4.78, 5) is 0. The molecule has 0 atom stereocenters. The van der Waals surface area contributed by atoms with Crippen molar-refractivity contribution in [3.8, 4) is 89.8 Å². The van der Waals surface area contributed by atoms with E-state index < -0.39 is 0 Å². The third-order valence-corrected chi connectivity index (χ3v) is 33.9. The number of hydrogen-bond donors (Lipinski definition) is 0. The lowest BCUT2D eigenvalue weighted by Gasteiger charge is -2.14. The number of aromatic nitrogens is 6. The summed E-state index contributed by atoms with van der Waals surface area (Å²) in [5.41, 5.74) is 33.7. The SMILES string of the molecule is c1ccc(-c2cc(-c3ccccc3)cc(-n3c4ccccc4c4cc5c6c7sc8ccccc8c7ccc6n(-c6ccccc6)c5cc43)c2)cc1.c1ccc(-c2ccc(-c3cccc(-n4c5ccccc5c5cc6c7c8sc9ccccc9c8ccc7n(-c7ccccc7)c6cc54)c3)cc2)cc1.c1ccc(-c2cccc(-n3c4ccccc4c4cc5c6c7sc8ccccc8c7ccc6n(-c6ccccc6)c5cc43)c2)cc1. The fraction of sp³-hybridized carbons (Fsp3) is 0. The van der Waals surface area contributed by atoms with Crippen LogP contribution >= 0.6 is 34.0 Å². The highest BCUT2D eigenvalue weighted by Crippen LogP contribution is 2.52. The molecule has 0 aliphatic rings. The Kier molecular flexibility index (Phi) is 19.6. The molecule has 0 saturated heterocycles. The zero-order chi connectivity index (χ0) is 96.4. The number of para-hydroxylation sites is 6. The highest BCUT2D eigenvalue weighted by atomic mass is 32.1. The first kappa shape index (κ1) is 84.2. The molecule has 0 unspecified atom stereocenters. The summed E-state index contributed by atoms with van der Waals surface area (Å²) in [6, 6.07) is 191. The quantitative estimate of drug-likeness (QED) is 0.124. The van der Waals surface area contributed by atoms with Crippen molar-refractivity contribution in [2.75, 3.05) is 0 Å². The van der Waals surface area contributed by atoms with Gasteiger partial charge >= 0.3 is 0 Å². The topological polar surface area (TPSA) is 29.6 Å². The van der Waals surface area contributed by atoms with Gasteiger partial charge in [-0.25, -0.2) is 0 Å². The molecular weight excluding hydrogens is 1840 g/mol. The average Bonchev–Trinajstić information content (AvgIpc) is 1.54. The molecule has 0 aliphatic carbocycles. The van der Waals surface area contributed by atoms with Crippen molar-refractivity contribution in [1.29, 1.82) is 0 Å². The van der Waals surface area contributed by atoms with Gasteiger partial charge in [0.15, 0.2) is 0 Å². The van der Waals surface area contributed by atoms with E-state index in [1.165, 1.54) is 258 Å². The molecule has 0 radical (unpaired) electrons. The first-order chi connectivity index (χ1) is 72.9. The van der Waals surface area contributed by atoms with Crippen molar-refractivity contribution >= 4 is 225 Å². The van der Waals surface area contributed by atoms with Crippen LogP contribution in [0.5, 0.6) is 0 Å². The van der Waals surface area contributed by atoms with Gasteiger partial charge in [0.1, 0.15) is 0 Å². The molecule has 32 rings (SSSR count). The summed E-state index contributed by atoms with van der Waals surface area (Å²) in [5, 5.41) is 23.4. The van der Waals surface area contributed by atoms with Crippen LogP contribution in [-0.2, 0) is 0 Å². The van der Waals surface area contributed by atoms with Gasteiger partial charge < -0.3 is 27.4 Å². The van der Waals surface area contributed by atoms with Crippen LogP contribution in [0.3, 0.4) is 0 Å². The smallest absolute Gasteiger partial charge is 0.0562 e. The molecule has 6 nitrogen and oxygen atoms in total. The molecule has 9 heteroatoms. The van der Waals surface area contributed by atoms with Gasteiger partial charge in [0.25, 0.3) is 0 Å². The van der Waals surface area contributed by atoms with Crippen LogP contribution in [0.15, 0.2) is 522 Å². The zero-order valence-corrected chi connectivity index (χ0v) is 82.0. The molecular formula is C138H86N6S3. The van der Waals surface area contributed by atoms with Crippen molar-refractivity contribution < 1.29 is 0 Å². The Labute approximate surface area is 857 Å². The normalized spacial score (nSPS) is 11.9. The van der Waals surface area contributed by atoms with Gasteiger partial charge in [-0.1, -0.05) is 352 Å². The Morgan fingerprint density at radius 1 is 0.109 bits per heavy atom. The second-order valence-electron chi connectivity index (χ2n) is 38.4. The minimum absolute atomic E-state index is 1.15. The lowest BCUT2D eigenvalue weighted by molar-refractivity contribution is 1.16. The van der Waals surface area contributed by atoms with E-state index in [0.29, 0.717) is 0 Å². The van der Waals surface area contributed by atoms with Gasteiger partial charge in [0.2, 0.25) is 0 Å². The van der Waals surface area contributed by atoms with Crippen LogP contribution in [0.2, 0.25) is 0 Å². The second-order valence-corrected chi connectivity index (χ2v) is 41.6. The lowest BCUT2D eigenvalue weighted by atomic mass is 9.98. The van der Waals surface area contributed by atoms with Crippen LogP contribution < -0.4 is 0 Å². The Balaban J connectivity index is 0.000000102. The number of thiophene rings is 3. The first-order valence-corrected chi connectivity index (χ1v) is 52.7. The Hall–Kier alpha value is -18.5. The largest absolute Gasteiger partial charge is 0.309 e. The molecule has 0 amide bonds. The number of rotatable bonds is 11. The molecule has 23 aromatic carbocycles. The summed E-state index contributed by atoms with van der Waals surface area (Å²) in [5.74, 6) is 0. The molecule has 9 aromatic heterocycles. The Morgan fingerprint density at radius 3 is 0.673 bits per heavy atom. The van der Waals surface area contributed by atoms with Crippen molar-refractivity contribution in [1.82, 2.24) is 27.4 Å². The summed E-state index contributed by atoms with van der Waals surface area (Å²) in [6.45, 7) is 0. The minimum atomic E-state index is 1.15. The summed E-state index contributed by atoms with van der Waals surface area (Å²) < 4.78 is 22.8. The molecule has 686 valence electrons. The fourth-order valence-electron chi connectivity index (χ4n) is 23.7. The van der Waals surface area contributed by atoms with E-state index in [1.807, 2.05) is 34.0 Å². The van der Waals surface area contributed by atoms with Crippen LogP contribution in [0, 0.1) is 0 Å². The molecule has 0 fully saturated rings.